The van der Waals surface area contributed by atoms with Crippen molar-refractivity contribution in [3.63, 3.8) is 0 Å². The number of hydrogen-bond acceptors (Lipinski definition) is 10. The van der Waals surface area contributed by atoms with Gasteiger partial charge in [0.25, 0.3) is 0 Å². The molecule has 0 fully saturated rings. The van der Waals surface area contributed by atoms with Crippen molar-refractivity contribution in [2.45, 2.75) is 290 Å². The van der Waals surface area contributed by atoms with Crippen molar-refractivity contribution in [3.05, 3.63) is 36.5 Å². The SMILES string of the molecule is CC/C=C\C/C=C\C/C=C\CCCCCCCC(=O)OC(COC(=O)CCCCCCCCCCCCCCC)COP(=O)(O)OCC(CO)OC(=O)CCCCCCCCCCCCCCCCC. The van der Waals surface area contributed by atoms with Gasteiger partial charge in [-0.2, -0.15) is 0 Å². The lowest BCUT2D eigenvalue weighted by atomic mass is 10.0. The van der Waals surface area contributed by atoms with E-state index in [1.54, 1.807) is 0 Å². The number of phosphoric ester groups is 1. The molecule has 0 aliphatic heterocycles. The first-order valence-corrected chi connectivity index (χ1v) is 30.4. The molecule has 0 aromatic rings. The Morgan fingerprint density at radius 3 is 1.14 bits per heavy atom. The first kappa shape index (κ1) is 67.7. The average molecular weight is 1010 g/mol. The molecule has 0 aromatic carbocycles. The monoisotopic (exact) mass is 1010 g/mol. The van der Waals surface area contributed by atoms with E-state index >= 15 is 0 Å². The Bertz CT molecular complexity index is 1320. The minimum absolute atomic E-state index is 0.152. The first-order valence-electron chi connectivity index (χ1n) is 28.9. The number of esters is 3. The van der Waals surface area contributed by atoms with Crippen LogP contribution in [-0.4, -0.2) is 66.5 Å². The van der Waals surface area contributed by atoms with Crippen molar-refractivity contribution in [3.8, 4) is 0 Å². The van der Waals surface area contributed by atoms with Gasteiger partial charge in [-0.1, -0.05) is 243 Å². The van der Waals surface area contributed by atoms with Crippen LogP contribution in [0.4, 0.5) is 0 Å². The van der Waals surface area contributed by atoms with Gasteiger partial charge in [0.15, 0.2) is 6.10 Å². The molecular weight excluding hydrogens is 904 g/mol. The summed E-state index contributed by atoms with van der Waals surface area (Å²) in [6.07, 6.45) is 53.8. The number of carbonyl (C=O) groups excluding carboxylic acids is 3. The number of ether oxygens (including phenoxy) is 3. The molecule has 12 heteroatoms. The minimum Gasteiger partial charge on any atom is -0.462 e. The van der Waals surface area contributed by atoms with E-state index in [0.717, 1.165) is 89.9 Å². The fraction of sp³-hybridized carbons (Fsp3) is 0.845. The van der Waals surface area contributed by atoms with Gasteiger partial charge in [0, 0.05) is 19.3 Å². The lowest BCUT2D eigenvalue weighted by Gasteiger charge is -2.21. The van der Waals surface area contributed by atoms with Gasteiger partial charge in [-0.25, -0.2) is 4.57 Å². The molecule has 0 radical (unpaired) electrons. The Morgan fingerprint density at radius 2 is 0.743 bits per heavy atom. The van der Waals surface area contributed by atoms with Crippen LogP contribution in [0.2, 0.25) is 0 Å². The second kappa shape index (κ2) is 53.0. The van der Waals surface area contributed by atoms with E-state index in [0.29, 0.717) is 19.3 Å². The van der Waals surface area contributed by atoms with Gasteiger partial charge in [0.1, 0.15) is 12.7 Å². The Kier molecular flexibility index (Phi) is 51.3. The van der Waals surface area contributed by atoms with Gasteiger partial charge in [0.05, 0.1) is 19.8 Å². The topological polar surface area (TPSA) is 155 Å². The third-order valence-corrected chi connectivity index (χ3v) is 13.5. The molecule has 2 N–H and O–H groups in total. The molecule has 410 valence electrons. The molecule has 3 unspecified atom stereocenters. The van der Waals surface area contributed by atoms with Crippen molar-refractivity contribution in [2.24, 2.45) is 0 Å². The number of unbranched alkanes of at least 4 members (excludes halogenated alkanes) is 31. The first-order chi connectivity index (χ1) is 34.2. The molecule has 0 amide bonds. The van der Waals surface area contributed by atoms with Crippen LogP contribution in [0, 0.1) is 0 Å². The van der Waals surface area contributed by atoms with Crippen molar-refractivity contribution >= 4 is 25.7 Å². The van der Waals surface area contributed by atoms with Crippen molar-refractivity contribution in [1.82, 2.24) is 0 Å². The predicted molar refractivity (Wildman–Crippen MR) is 289 cm³/mol. The third-order valence-electron chi connectivity index (χ3n) is 12.6. The Balaban J connectivity index is 4.69. The maximum absolute atomic E-state index is 12.9. The molecule has 0 aliphatic rings. The highest BCUT2D eigenvalue weighted by Crippen LogP contribution is 2.43. The molecule has 0 rings (SSSR count). The number of aliphatic hydroxyl groups is 1. The smallest absolute Gasteiger partial charge is 0.462 e. The van der Waals surface area contributed by atoms with E-state index < -0.39 is 57.8 Å². The minimum atomic E-state index is -4.74. The van der Waals surface area contributed by atoms with Crippen LogP contribution in [-0.2, 0) is 42.2 Å². The number of carbonyl (C=O) groups is 3. The molecule has 0 bridgehead atoms. The third kappa shape index (κ3) is 50.6. The van der Waals surface area contributed by atoms with Crippen molar-refractivity contribution in [1.29, 1.82) is 0 Å². The molecular formula is C58H107O11P. The van der Waals surface area contributed by atoms with E-state index in [1.165, 1.54) is 128 Å². The summed E-state index contributed by atoms with van der Waals surface area (Å²) in [6.45, 7) is 4.55. The fourth-order valence-electron chi connectivity index (χ4n) is 8.20. The lowest BCUT2D eigenvalue weighted by molar-refractivity contribution is -0.161. The Morgan fingerprint density at radius 1 is 0.414 bits per heavy atom. The summed E-state index contributed by atoms with van der Waals surface area (Å²) in [5.74, 6) is -1.46. The van der Waals surface area contributed by atoms with Crippen LogP contribution in [0.15, 0.2) is 36.5 Å². The number of aliphatic hydroxyl groups excluding tert-OH is 1. The molecule has 0 spiro atoms. The normalized spacial score (nSPS) is 13.6. The average Bonchev–Trinajstić information content (AvgIpc) is 3.35. The van der Waals surface area contributed by atoms with E-state index in [-0.39, 0.29) is 25.9 Å². The van der Waals surface area contributed by atoms with E-state index in [2.05, 4.69) is 57.2 Å². The number of phosphoric acid groups is 1. The van der Waals surface area contributed by atoms with Crippen LogP contribution < -0.4 is 0 Å². The summed E-state index contributed by atoms with van der Waals surface area (Å²) in [4.78, 5) is 48.5. The summed E-state index contributed by atoms with van der Waals surface area (Å²) in [6, 6.07) is 0. The zero-order chi connectivity index (χ0) is 51.3. The van der Waals surface area contributed by atoms with Gasteiger partial charge >= 0.3 is 25.7 Å². The quantitative estimate of drug-likeness (QED) is 0.0197. The molecule has 0 aliphatic carbocycles. The fourth-order valence-corrected chi connectivity index (χ4v) is 8.98. The lowest BCUT2D eigenvalue weighted by Crippen LogP contribution is -2.30. The highest BCUT2D eigenvalue weighted by Gasteiger charge is 2.28. The zero-order valence-corrected chi connectivity index (χ0v) is 46.1. The molecule has 0 aromatic heterocycles. The summed E-state index contributed by atoms with van der Waals surface area (Å²) >= 11 is 0. The second-order valence-electron chi connectivity index (χ2n) is 19.4. The number of allylic oxidation sites excluding steroid dienone is 6. The molecule has 3 atom stereocenters. The molecule has 0 saturated heterocycles. The van der Waals surface area contributed by atoms with Crippen LogP contribution >= 0.6 is 7.82 Å². The van der Waals surface area contributed by atoms with E-state index in [4.69, 9.17) is 23.3 Å². The molecule has 70 heavy (non-hydrogen) atoms. The van der Waals surface area contributed by atoms with Gasteiger partial charge in [-0.05, 0) is 51.4 Å². The maximum atomic E-state index is 12.9. The van der Waals surface area contributed by atoms with Crippen LogP contribution in [0.5, 0.6) is 0 Å². The Labute approximate surface area is 429 Å². The summed E-state index contributed by atoms with van der Waals surface area (Å²) < 4.78 is 39.5. The van der Waals surface area contributed by atoms with Crippen molar-refractivity contribution < 1.29 is 52.2 Å². The van der Waals surface area contributed by atoms with Crippen LogP contribution in [0.3, 0.4) is 0 Å². The standard InChI is InChI=1S/C58H107O11P/c1-4-7-10-13-16-19-22-25-27-30-33-36-39-42-45-48-57(61)68-54(50-59)52-66-70(63,64)67-53-55(51-65-56(60)47-44-41-38-35-32-29-24-21-18-15-12-9-6-3)69-58(62)49-46-43-40-37-34-31-28-26-23-20-17-14-11-8-5-2/h8,11,17,20,26,28,54-55,59H,4-7,9-10,12-16,18-19,21-25,27,29-53H2,1-3H3,(H,63,64)/b11-8-,20-17-,28-26-. The molecule has 0 heterocycles. The number of rotatable bonds is 54. The zero-order valence-electron chi connectivity index (χ0n) is 45.2. The van der Waals surface area contributed by atoms with Gasteiger partial charge in [-0.15, -0.1) is 0 Å². The summed E-state index contributed by atoms with van der Waals surface area (Å²) in [5, 5.41) is 9.81. The highest BCUT2D eigenvalue weighted by atomic mass is 31.2. The van der Waals surface area contributed by atoms with E-state index in [1.807, 2.05) is 0 Å². The van der Waals surface area contributed by atoms with Gasteiger partial charge in [0.2, 0.25) is 0 Å². The van der Waals surface area contributed by atoms with Crippen LogP contribution in [0.1, 0.15) is 278 Å². The summed E-state index contributed by atoms with van der Waals surface area (Å²) in [5.41, 5.74) is 0. The van der Waals surface area contributed by atoms with Gasteiger partial charge < -0.3 is 24.2 Å². The number of hydrogen-bond donors (Lipinski definition) is 2. The molecule has 11 nitrogen and oxygen atoms in total. The van der Waals surface area contributed by atoms with Crippen LogP contribution in [0.25, 0.3) is 0 Å². The maximum Gasteiger partial charge on any atom is 0.472 e. The Hall–Kier alpha value is -2.30. The summed E-state index contributed by atoms with van der Waals surface area (Å²) in [7, 11) is -4.74. The molecule has 0 saturated carbocycles. The van der Waals surface area contributed by atoms with Gasteiger partial charge in [-0.3, -0.25) is 23.4 Å². The van der Waals surface area contributed by atoms with Crippen molar-refractivity contribution in [2.75, 3.05) is 26.4 Å². The predicted octanol–water partition coefficient (Wildman–Crippen LogP) is 16.8. The highest BCUT2D eigenvalue weighted by molar-refractivity contribution is 7.47. The van der Waals surface area contributed by atoms with E-state index in [9.17, 15) is 28.9 Å². The largest absolute Gasteiger partial charge is 0.472 e. The second-order valence-corrected chi connectivity index (χ2v) is 20.9.